The van der Waals surface area contributed by atoms with Gasteiger partial charge in [-0.3, -0.25) is 0 Å². The van der Waals surface area contributed by atoms with Crippen molar-refractivity contribution in [3.05, 3.63) is 51.4 Å². The number of hydrogen-bond donors (Lipinski definition) is 1. The summed E-state index contributed by atoms with van der Waals surface area (Å²) < 4.78 is 12.2. The Hall–Kier alpha value is -2.34. The molecule has 0 aliphatic heterocycles. The van der Waals surface area contributed by atoms with Gasteiger partial charge in [0.2, 0.25) is 0 Å². The minimum absolute atomic E-state index is 0.399. The molecule has 0 amide bonds. The lowest BCUT2D eigenvalue weighted by Gasteiger charge is -2.13. The monoisotopic (exact) mass is 388 g/mol. The lowest BCUT2D eigenvalue weighted by molar-refractivity contribution is 0.288. The first-order valence-electron chi connectivity index (χ1n) is 7.72. The van der Waals surface area contributed by atoms with Crippen LogP contribution in [0.4, 0.5) is 0 Å². The molecule has 3 rings (SSSR count). The molecule has 1 heterocycles. The average molecular weight is 389 g/mol. The molecule has 1 aromatic heterocycles. The van der Waals surface area contributed by atoms with Crippen molar-refractivity contribution in [1.29, 1.82) is 0 Å². The standard InChI is InChI=1S/C18H17BrN2O3/c1-3-23-15-9-13-14(10-16(15)24-4-2)20-18(22)21-17(13)11-6-5-7-12(19)8-11/h5-10H,3-4H2,1-2H3,(H,20,21,22). The molecule has 0 aliphatic rings. The fraction of sp³-hybridized carbons (Fsp3) is 0.222. The van der Waals surface area contributed by atoms with E-state index in [1.165, 1.54) is 0 Å². The summed E-state index contributed by atoms with van der Waals surface area (Å²) in [5.41, 5.74) is 1.73. The second-order valence-electron chi connectivity index (χ2n) is 5.11. The first-order chi connectivity index (χ1) is 11.6. The normalized spacial score (nSPS) is 10.8. The molecule has 2 aromatic carbocycles. The van der Waals surface area contributed by atoms with Gasteiger partial charge in [0.05, 0.1) is 24.4 Å². The molecule has 0 unspecified atom stereocenters. The molecule has 5 nitrogen and oxygen atoms in total. The van der Waals surface area contributed by atoms with Crippen LogP contribution >= 0.6 is 15.9 Å². The Morgan fingerprint density at radius 2 is 1.79 bits per heavy atom. The summed E-state index contributed by atoms with van der Waals surface area (Å²) in [7, 11) is 0. The maximum absolute atomic E-state index is 12.0. The van der Waals surface area contributed by atoms with Crippen LogP contribution in [0.25, 0.3) is 22.2 Å². The van der Waals surface area contributed by atoms with Crippen molar-refractivity contribution in [2.75, 3.05) is 13.2 Å². The van der Waals surface area contributed by atoms with E-state index < -0.39 is 5.69 Å². The highest BCUT2D eigenvalue weighted by atomic mass is 79.9. The van der Waals surface area contributed by atoms with Crippen molar-refractivity contribution >= 4 is 26.8 Å². The highest BCUT2D eigenvalue weighted by Gasteiger charge is 2.14. The van der Waals surface area contributed by atoms with E-state index >= 15 is 0 Å². The van der Waals surface area contributed by atoms with E-state index in [0.717, 1.165) is 15.4 Å². The zero-order valence-corrected chi connectivity index (χ0v) is 15.0. The van der Waals surface area contributed by atoms with Crippen LogP contribution in [0.5, 0.6) is 11.5 Å². The predicted molar refractivity (Wildman–Crippen MR) is 97.8 cm³/mol. The van der Waals surface area contributed by atoms with Gasteiger partial charge < -0.3 is 14.5 Å². The van der Waals surface area contributed by atoms with E-state index in [1.807, 2.05) is 44.2 Å². The number of aromatic amines is 1. The van der Waals surface area contributed by atoms with Gasteiger partial charge in [0.15, 0.2) is 11.5 Å². The lowest BCUT2D eigenvalue weighted by Crippen LogP contribution is -2.12. The zero-order valence-electron chi connectivity index (χ0n) is 13.4. The molecule has 0 aliphatic carbocycles. The lowest BCUT2D eigenvalue weighted by atomic mass is 10.1. The van der Waals surface area contributed by atoms with Gasteiger partial charge in [0.25, 0.3) is 0 Å². The molecular weight excluding hydrogens is 372 g/mol. The molecule has 6 heteroatoms. The maximum Gasteiger partial charge on any atom is 0.345 e. The molecule has 3 aromatic rings. The van der Waals surface area contributed by atoms with Gasteiger partial charge in [0.1, 0.15) is 0 Å². The van der Waals surface area contributed by atoms with Crippen molar-refractivity contribution in [3.63, 3.8) is 0 Å². The summed E-state index contributed by atoms with van der Waals surface area (Å²) in [6.45, 7) is 4.86. The first kappa shape index (κ1) is 16.5. The van der Waals surface area contributed by atoms with Crippen molar-refractivity contribution < 1.29 is 9.47 Å². The molecule has 1 N–H and O–H groups in total. The van der Waals surface area contributed by atoms with Crippen LogP contribution in [0.3, 0.4) is 0 Å². The van der Waals surface area contributed by atoms with Crippen molar-refractivity contribution in [2.24, 2.45) is 0 Å². The summed E-state index contributed by atoms with van der Waals surface area (Å²) in [5, 5.41) is 0.805. The molecule has 0 saturated carbocycles. The first-order valence-corrected chi connectivity index (χ1v) is 8.51. The Kier molecular flexibility index (Phi) is 4.85. The number of aromatic nitrogens is 2. The van der Waals surface area contributed by atoms with Crippen molar-refractivity contribution in [1.82, 2.24) is 9.97 Å². The number of H-pyrrole nitrogens is 1. The van der Waals surface area contributed by atoms with E-state index in [1.54, 1.807) is 6.07 Å². The minimum atomic E-state index is -0.399. The average Bonchev–Trinajstić information content (AvgIpc) is 2.55. The third-order valence-electron chi connectivity index (χ3n) is 3.49. The van der Waals surface area contributed by atoms with Crippen molar-refractivity contribution in [3.8, 4) is 22.8 Å². The summed E-state index contributed by atoms with van der Waals surface area (Å²) in [5.74, 6) is 1.24. The van der Waals surface area contributed by atoms with Crippen LogP contribution in [-0.4, -0.2) is 23.2 Å². The molecule has 0 radical (unpaired) electrons. The number of benzene rings is 2. The topological polar surface area (TPSA) is 64.2 Å². The Bertz CT molecular complexity index is 937. The molecule has 124 valence electrons. The molecule has 0 atom stereocenters. The van der Waals surface area contributed by atoms with Crippen LogP contribution < -0.4 is 15.2 Å². The SMILES string of the molecule is CCOc1cc2[nH]c(=O)nc(-c3cccc(Br)c3)c2cc1OCC. The molecule has 0 bridgehead atoms. The third kappa shape index (κ3) is 3.28. The minimum Gasteiger partial charge on any atom is -0.490 e. The summed E-state index contributed by atoms with van der Waals surface area (Å²) in [6, 6.07) is 11.3. The second kappa shape index (κ2) is 7.05. The van der Waals surface area contributed by atoms with Crippen LogP contribution in [0.2, 0.25) is 0 Å². The second-order valence-corrected chi connectivity index (χ2v) is 6.03. The number of halogens is 1. The predicted octanol–water partition coefficient (Wildman–Crippen LogP) is 4.15. The summed E-state index contributed by atoms with van der Waals surface area (Å²) in [4.78, 5) is 18.9. The number of rotatable bonds is 5. The van der Waals surface area contributed by atoms with Gasteiger partial charge in [-0.05, 0) is 32.0 Å². The third-order valence-corrected chi connectivity index (χ3v) is 3.98. The Labute approximate surface area is 147 Å². The number of hydrogen-bond acceptors (Lipinski definition) is 4. The molecular formula is C18H17BrN2O3. The maximum atomic E-state index is 12.0. The highest BCUT2D eigenvalue weighted by Crippen LogP contribution is 2.35. The smallest absolute Gasteiger partial charge is 0.345 e. The van der Waals surface area contributed by atoms with Crippen LogP contribution in [0.1, 0.15) is 13.8 Å². The molecule has 0 spiro atoms. The number of nitrogens with one attached hydrogen (secondary N) is 1. The van der Waals surface area contributed by atoms with Gasteiger partial charge >= 0.3 is 5.69 Å². The zero-order chi connectivity index (χ0) is 17.1. The van der Waals surface area contributed by atoms with E-state index in [4.69, 9.17) is 9.47 Å². The van der Waals surface area contributed by atoms with E-state index in [-0.39, 0.29) is 0 Å². The Balaban J connectivity index is 2.29. The number of nitrogens with zero attached hydrogens (tertiary/aromatic N) is 1. The number of fused-ring (bicyclic) bond motifs is 1. The van der Waals surface area contributed by atoms with Gasteiger partial charge in [-0.25, -0.2) is 4.79 Å². The van der Waals surface area contributed by atoms with E-state index in [2.05, 4.69) is 25.9 Å². The van der Waals surface area contributed by atoms with Gasteiger partial charge in [-0.1, -0.05) is 28.1 Å². The Morgan fingerprint density at radius 3 is 2.46 bits per heavy atom. The van der Waals surface area contributed by atoms with E-state index in [0.29, 0.717) is 35.9 Å². The Morgan fingerprint density at radius 1 is 1.08 bits per heavy atom. The van der Waals surface area contributed by atoms with Gasteiger partial charge in [0, 0.05) is 21.5 Å². The van der Waals surface area contributed by atoms with Crippen LogP contribution in [0.15, 0.2) is 45.7 Å². The number of ether oxygens (including phenoxy) is 2. The van der Waals surface area contributed by atoms with Gasteiger partial charge in [-0.15, -0.1) is 0 Å². The molecule has 24 heavy (non-hydrogen) atoms. The van der Waals surface area contributed by atoms with E-state index in [9.17, 15) is 4.79 Å². The molecule has 0 fully saturated rings. The highest BCUT2D eigenvalue weighted by molar-refractivity contribution is 9.10. The summed E-state index contributed by atoms with van der Waals surface area (Å²) in [6.07, 6.45) is 0. The molecule has 0 saturated heterocycles. The van der Waals surface area contributed by atoms with Crippen LogP contribution in [0, 0.1) is 0 Å². The van der Waals surface area contributed by atoms with Gasteiger partial charge in [-0.2, -0.15) is 4.98 Å². The van der Waals surface area contributed by atoms with Crippen molar-refractivity contribution in [2.45, 2.75) is 13.8 Å². The summed E-state index contributed by atoms with van der Waals surface area (Å²) >= 11 is 3.46. The fourth-order valence-corrected chi connectivity index (χ4v) is 2.96. The largest absolute Gasteiger partial charge is 0.490 e. The quantitative estimate of drug-likeness (QED) is 0.712. The van der Waals surface area contributed by atoms with Crippen LogP contribution in [-0.2, 0) is 0 Å². The fourth-order valence-electron chi connectivity index (χ4n) is 2.56.